The van der Waals surface area contributed by atoms with Gasteiger partial charge >= 0.3 is 0 Å². The quantitative estimate of drug-likeness (QED) is 0.898. The summed E-state index contributed by atoms with van der Waals surface area (Å²) >= 11 is 1.66. The third-order valence-electron chi connectivity index (χ3n) is 2.35. The van der Waals surface area contributed by atoms with Crippen molar-refractivity contribution in [3.05, 3.63) is 40.5 Å². The van der Waals surface area contributed by atoms with Crippen molar-refractivity contribution in [1.82, 2.24) is 9.97 Å². The molecule has 17 heavy (non-hydrogen) atoms. The van der Waals surface area contributed by atoms with E-state index in [4.69, 9.17) is 5.26 Å². The Bertz CT molecular complexity index is 498. The highest BCUT2D eigenvalue weighted by molar-refractivity contribution is 7.09. The lowest BCUT2D eigenvalue weighted by Crippen LogP contribution is -2.10. The van der Waals surface area contributed by atoms with Gasteiger partial charge in [-0.3, -0.25) is 0 Å². The van der Waals surface area contributed by atoms with E-state index in [2.05, 4.69) is 22.2 Å². The summed E-state index contributed by atoms with van der Waals surface area (Å²) in [5, 5.41) is 15.0. The maximum absolute atomic E-state index is 8.65. The van der Waals surface area contributed by atoms with E-state index in [0.717, 1.165) is 17.4 Å². The minimum absolute atomic E-state index is 0.354. The molecule has 2 rings (SSSR count). The first-order valence-electron chi connectivity index (χ1n) is 5.29. The highest BCUT2D eigenvalue weighted by atomic mass is 32.1. The minimum Gasteiger partial charge on any atom is -0.369 e. The molecule has 0 radical (unpaired) electrons. The highest BCUT2D eigenvalue weighted by Gasteiger charge is 2.07. The Hall–Kier alpha value is -1.93. The second-order valence-electron chi connectivity index (χ2n) is 3.70. The molecule has 0 spiro atoms. The van der Waals surface area contributed by atoms with E-state index >= 15 is 0 Å². The number of rotatable bonds is 4. The fourth-order valence-electron chi connectivity index (χ4n) is 1.39. The Morgan fingerprint density at radius 1 is 1.47 bits per heavy atom. The average Bonchev–Trinajstić information content (AvgIpc) is 2.90. The molecular weight excluding hydrogens is 232 g/mol. The second-order valence-corrected chi connectivity index (χ2v) is 4.62. The van der Waals surface area contributed by atoms with Crippen molar-refractivity contribution in [2.45, 2.75) is 12.8 Å². The summed E-state index contributed by atoms with van der Waals surface area (Å²) in [6.07, 6.45) is 3.38. The smallest absolute Gasteiger partial charge is 0.125 e. The molecule has 4 nitrogen and oxygen atoms in total. The zero-order valence-electron chi connectivity index (χ0n) is 9.42. The Morgan fingerprint density at radius 2 is 2.35 bits per heavy atom. The molecule has 0 aliphatic heterocycles. The van der Waals surface area contributed by atoms with Crippen LogP contribution in [0.4, 0.5) is 5.82 Å². The first-order valence-corrected chi connectivity index (χ1v) is 6.17. The van der Waals surface area contributed by atoms with Gasteiger partial charge in [-0.15, -0.1) is 11.3 Å². The molecule has 0 saturated heterocycles. The Kier molecular flexibility index (Phi) is 3.68. The van der Waals surface area contributed by atoms with E-state index in [0.29, 0.717) is 11.5 Å². The summed E-state index contributed by atoms with van der Waals surface area (Å²) in [6.45, 7) is 2.90. The van der Waals surface area contributed by atoms with E-state index in [1.165, 1.54) is 0 Å². The Morgan fingerprint density at radius 3 is 2.94 bits per heavy atom. The van der Waals surface area contributed by atoms with Crippen LogP contribution in [0.25, 0.3) is 0 Å². The number of thiazole rings is 1. The monoisotopic (exact) mass is 244 g/mol. The van der Waals surface area contributed by atoms with Gasteiger partial charge in [0.25, 0.3) is 0 Å². The molecule has 0 aromatic carbocycles. The van der Waals surface area contributed by atoms with Crippen molar-refractivity contribution < 1.29 is 0 Å². The van der Waals surface area contributed by atoms with Gasteiger partial charge in [0.15, 0.2) is 0 Å². The third-order valence-corrected chi connectivity index (χ3v) is 3.36. The zero-order valence-corrected chi connectivity index (χ0v) is 10.2. The normalized spacial score (nSPS) is 11.8. The van der Waals surface area contributed by atoms with Crippen molar-refractivity contribution >= 4 is 17.2 Å². The van der Waals surface area contributed by atoms with Crippen LogP contribution in [0.2, 0.25) is 0 Å². The largest absolute Gasteiger partial charge is 0.369 e. The third kappa shape index (κ3) is 3.02. The molecule has 0 aliphatic rings. The van der Waals surface area contributed by atoms with Gasteiger partial charge in [0.05, 0.1) is 10.6 Å². The maximum Gasteiger partial charge on any atom is 0.125 e. The molecule has 86 valence electrons. The van der Waals surface area contributed by atoms with Gasteiger partial charge in [0, 0.05) is 30.2 Å². The predicted molar refractivity (Wildman–Crippen MR) is 68.0 cm³/mol. The van der Waals surface area contributed by atoms with Crippen LogP contribution in [-0.2, 0) is 0 Å². The summed E-state index contributed by atoms with van der Waals surface area (Å²) in [7, 11) is 0. The number of pyridine rings is 1. The van der Waals surface area contributed by atoms with Crippen molar-refractivity contribution in [2.24, 2.45) is 0 Å². The molecule has 0 saturated carbocycles. The molecule has 0 aliphatic carbocycles. The molecule has 2 aromatic rings. The fraction of sp³-hybridized carbons (Fsp3) is 0.250. The van der Waals surface area contributed by atoms with Gasteiger partial charge in [-0.2, -0.15) is 5.26 Å². The van der Waals surface area contributed by atoms with Gasteiger partial charge in [0.1, 0.15) is 11.9 Å². The van der Waals surface area contributed by atoms with Gasteiger partial charge in [-0.25, -0.2) is 9.97 Å². The van der Waals surface area contributed by atoms with Crippen LogP contribution in [0.1, 0.15) is 23.4 Å². The van der Waals surface area contributed by atoms with Gasteiger partial charge in [0.2, 0.25) is 0 Å². The summed E-state index contributed by atoms with van der Waals surface area (Å²) in [5.41, 5.74) is 0.573. The van der Waals surface area contributed by atoms with E-state index in [1.54, 1.807) is 23.6 Å². The van der Waals surface area contributed by atoms with Crippen LogP contribution in [0.5, 0.6) is 0 Å². The fourth-order valence-corrected chi connectivity index (χ4v) is 2.09. The molecule has 1 unspecified atom stereocenters. The molecule has 2 aromatic heterocycles. The van der Waals surface area contributed by atoms with Crippen molar-refractivity contribution in [1.29, 1.82) is 5.26 Å². The Balaban J connectivity index is 1.91. The van der Waals surface area contributed by atoms with Gasteiger partial charge < -0.3 is 5.32 Å². The molecule has 0 fully saturated rings. The lowest BCUT2D eigenvalue weighted by molar-refractivity contribution is 0.792. The number of anilines is 1. The summed E-state index contributed by atoms with van der Waals surface area (Å²) < 4.78 is 0. The molecule has 2 heterocycles. The van der Waals surface area contributed by atoms with Crippen LogP contribution >= 0.6 is 11.3 Å². The molecule has 0 bridgehead atoms. The summed E-state index contributed by atoms with van der Waals surface area (Å²) in [6, 6.07) is 5.61. The number of aromatic nitrogens is 2. The zero-order chi connectivity index (χ0) is 12.1. The van der Waals surface area contributed by atoms with Crippen molar-refractivity contribution in [2.75, 3.05) is 11.9 Å². The maximum atomic E-state index is 8.65. The number of nitrogens with one attached hydrogen (secondary N) is 1. The van der Waals surface area contributed by atoms with Gasteiger partial charge in [-0.1, -0.05) is 6.92 Å². The highest BCUT2D eigenvalue weighted by Crippen LogP contribution is 2.17. The number of hydrogen-bond acceptors (Lipinski definition) is 5. The molecular formula is C12H12N4S. The van der Waals surface area contributed by atoms with E-state index < -0.39 is 0 Å². The van der Waals surface area contributed by atoms with Crippen LogP contribution in [-0.4, -0.2) is 16.5 Å². The molecule has 1 atom stereocenters. The lowest BCUT2D eigenvalue weighted by Gasteiger charge is -2.10. The average molecular weight is 244 g/mol. The number of nitrogens with zero attached hydrogens (tertiary/aromatic N) is 3. The number of nitriles is 1. The first-order chi connectivity index (χ1) is 8.29. The van der Waals surface area contributed by atoms with E-state index in [1.807, 2.05) is 23.7 Å². The predicted octanol–water partition coefficient (Wildman–Crippen LogP) is 2.63. The topological polar surface area (TPSA) is 61.6 Å². The van der Waals surface area contributed by atoms with Crippen LogP contribution in [0.3, 0.4) is 0 Å². The lowest BCUT2D eigenvalue weighted by atomic mass is 10.2. The van der Waals surface area contributed by atoms with Crippen LogP contribution in [0, 0.1) is 11.3 Å². The summed E-state index contributed by atoms with van der Waals surface area (Å²) in [4.78, 5) is 8.42. The summed E-state index contributed by atoms with van der Waals surface area (Å²) in [5.74, 6) is 1.14. The molecule has 0 amide bonds. The molecule has 1 N–H and O–H groups in total. The Labute approximate surface area is 104 Å². The van der Waals surface area contributed by atoms with Crippen molar-refractivity contribution in [3.8, 4) is 6.07 Å². The van der Waals surface area contributed by atoms with E-state index in [-0.39, 0.29) is 0 Å². The van der Waals surface area contributed by atoms with E-state index in [9.17, 15) is 0 Å². The number of hydrogen-bond donors (Lipinski definition) is 1. The van der Waals surface area contributed by atoms with Crippen LogP contribution < -0.4 is 5.32 Å². The second kappa shape index (κ2) is 5.41. The standard InChI is InChI=1S/C12H12N4S/c1-9(12-14-4-5-17-12)7-15-11-3-2-10(6-13)8-16-11/h2-5,8-9H,7H2,1H3,(H,15,16). The minimum atomic E-state index is 0.354. The first kappa shape index (κ1) is 11.6. The van der Waals surface area contributed by atoms with Crippen LogP contribution in [0.15, 0.2) is 29.9 Å². The van der Waals surface area contributed by atoms with Crippen molar-refractivity contribution in [3.63, 3.8) is 0 Å². The van der Waals surface area contributed by atoms with Gasteiger partial charge in [-0.05, 0) is 12.1 Å². The molecule has 5 heteroatoms. The SMILES string of the molecule is CC(CNc1ccc(C#N)cn1)c1nccs1.